The average Bonchev–Trinajstić information content (AvgIpc) is 2.74. The van der Waals surface area contributed by atoms with Gasteiger partial charge in [0.1, 0.15) is 0 Å². The fraction of sp³-hybridized carbons (Fsp3) is 0.533. The Morgan fingerprint density at radius 1 is 1.30 bits per heavy atom. The van der Waals surface area contributed by atoms with Gasteiger partial charge in [-0.2, -0.15) is 0 Å². The molecule has 2 heterocycles. The Labute approximate surface area is 138 Å². The molecular weight excluding hydrogens is 381 g/mol. The van der Waals surface area contributed by atoms with Crippen LogP contribution in [-0.2, 0) is 0 Å². The first kappa shape index (κ1) is 14.5. The fourth-order valence-electron chi connectivity index (χ4n) is 3.14. The summed E-state index contributed by atoms with van der Waals surface area (Å²) in [7, 11) is 0. The second-order valence-electron chi connectivity index (χ2n) is 5.67. The SMILES string of the molecule is CC(CN1CCCCC1)n1c(=S)[nH]c2cc(I)ccc21. The number of piperidine rings is 1. The minimum atomic E-state index is 0.411. The molecule has 0 aliphatic carbocycles. The van der Waals surface area contributed by atoms with Gasteiger partial charge < -0.3 is 14.5 Å². The zero-order chi connectivity index (χ0) is 14.1. The van der Waals surface area contributed by atoms with Crippen LogP contribution in [0.15, 0.2) is 18.2 Å². The minimum absolute atomic E-state index is 0.411. The second kappa shape index (κ2) is 6.15. The highest BCUT2D eigenvalue weighted by molar-refractivity contribution is 14.1. The maximum Gasteiger partial charge on any atom is 0.178 e. The van der Waals surface area contributed by atoms with Gasteiger partial charge in [-0.15, -0.1) is 0 Å². The average molecular weight is 401 g/mol. The van der Waals surface area contributed by atoms with E-state index in [1.54, 1.807) is 0 Å². The predicted octanol–water partition coefficient (Wildman–Crippen LogP) is 4.35. The van der Waals surface area contributed by atoms with E-state index in [-0.39, 0.29) is 0 Å². The molecule has 108 valence electrons. The van der Waals surface area contributed by atoms with E-state index in [1.165, 1.54) is 41.4 Å². The van der Waals surface area contributed by atoms with Gasteiger partial charge in [0.25, 0.3) is 0 Å². The molecule has 3 nitrogen and oxygen atoms in total. The number of benzene rings is 1. The highest BCUT2D eigenvalue weighted by atomic mass is 127. The third kappa shape index (κ3) is 2.94. The van der Waals surface area contributed by atoms with Crippen molar-refractivity contribution >= 4 is 45.8 Å². The third-order valence-corrected chi connectivity index (χ3v) is 5.06. The Balaban J connectivity index is 1.88. The number of nitrogens with zero attached hydrogens (tertiary/aromatic N) is 2. The summed E-state index contributed by atoms with van der Waals surface area (Å²) in [5.74, 6) is 0. The maximum absolute atomic E-state index is 5.53. The fourth-order valence-corrected chi connectivity index (χ4v) is 4.02. The lowest BCUT2D eigenvalue weighted by Gasteiger charge is -2.29. The van der Waals surface area contributed by atoms with Gasteiger partial charge in [0.15, 0.2) is 4.77 Å². The van der Waals surface area contributed by atoms with E-state index in [4.69, 9.17) is 12.2 Å². The molecule has 3 rings (SSSR count). The normalized spacial score (nSPS) is 18.5. The molecule has 0 amide bonds. The molecule has 1 saturated heterocycles. The van der Waals surface area contributed by atoms with Crippen molar-refractivity contribution < 1.29 is 0 Å². The number of imidazole rings is 1. The van der Waals surface area contributed by atoms with Crippen molar-refractivity contribution in [2.24, 2.45) is 0 Å². The van der Waals surface area contributed by atoms with E-state index in [0.29, 0.717) is 6.04 Å². The van der Waals surface area contributed by atoms with Crippen molar-refractivity contribution in [2.45, 2.75) is 32.2 Å². The van der Waals surface area contributed by atoms with Crippen molar-refractivity contribution in [1.82, 2.24) is 14.5 Å². The number of halogens is 1. The molecule has 2 aromatic rings. The van der Waals surface area contributed by atoms with E-state index < -0.39 is 0 Å². The van der Waals surface area contributed by atoms with Crippen LogP contribution in [-0.4, -0.2) is 34.1 Å². The van der Waals surface area contributed by atoms with Crippen LogP contribution in [0.3, 0.4) is 0 Å². The molecule has 1 atom stereocenters. The summed E-state index contributed by atoms with van der Waals surface area (Å²) in [6.45, 7) is 5.83. The van der Waals surface area contributed by atoms with Gasteiger partial charge in [0.05, 0.1) is 11.0 Å². The van der Waals surface area contributed by atoms with Crippen LogP contribution in [0.4, 0.5) is 0 Å². The Morgan fingerprint density at radius 2 is 2.05 bits per heavy atom. The Hall–Kier alpha value is -0.400. The molecule has 1 aliphatic rings. The van der Waals surface area contributed by atoms with E-state index in [0.717, 1.165) is 16.8 Å². The summed E-state index contributed by atoms with van der Waals surface area (Å²) in [5, 5.41) is 0. The second-order valence-corrected chi connectivity index (χ2v) is 7.30. The van der Waals surface area contributed by atoms with Crippen molar-refractivity contribution in [3.63, 3.8) is 0 Å². The van der Waals surface area contributed by atoms with E-state index in [2.05, 4.69) is 62.2 Å². The van der Waals surface area contributed by atoms with Crippen LogP contribution >= 0.6 is 34.8 Å². The van der Waals surface area contributed by atoms with Crippen LogP contribution in [0.1, 0.15) is 32.2 Å². The monoisotopic (exact) mass is 401 g/mol. The van der Waals surface area contributed by atoms with E-state index in [1.807, 2.05) is 0 Å². The van der Waals surface area contributed by atoms with E-state index >= 15 is 0 Å². The molecule has 1 aromatic carbocycles. The zero-order valence-corrected chi connectivity index (χ0v) is 14.7. The minimum Gasteiger partial charge on any atom is -0.331 e. The van der Waals surface area contributed by atoms with Gasteiger partial charge in [0, 0.05) is 16.2 Å². The number of hydrogen-bond acceptors (Lipinski definition) is 2. The number of nitrogens with one attached hydrogen (secondary N) is 1. The Kier molecular flexibility index (Phi) is 4.47. The number of hydrogen-bond donors (Lipinski definition) is 1. The highest BCUT2D eigenvalue weighted by Crippen LogP contribution is 2.22. The lowest BCUT2D eigenvalue weighted by atomic mass is 10.1. The summed E-state index contributed by atoms with van der Waals surface area (Å²) in [4.78, 5) is 5.91. The number of aromatic nitrogens is 2. The van der Waals surface area contributed by atoms with Gasteiger partial charge >= 0.3 is 0 Å². The number of aromatic amines is 1. The lowest BCUT2D eigenvalue weighted by Crippen LogP contribution is -2.34. The summed E-state index contributed by atoms with van der Waals surface area (Å²) in [6.07, 6.45) is 4.06. The molecule has 1 unspecified atom stereocenters. The number of rotatable bonds is 3. The maximum atomic E-state index is 5.53. The van der Waals surface area contributed by atoms with Gasteiger partial charge in [-0.05, 0) is 85.9 Å². The molecule has 0 saturated carbocycles. The quantitative estimate of drug-likeness (QED) is 0.611. The molecule has 1 aromatic heterocycles. The zero-order valence-electron chi connectivity index (χ0n) is 11.7. The summed E-state index contributed by atoms with van der Waals surface area (Å²) in [6, 6.07) is 6.90. The van der Waals surface area contributed by atoms with Gasteiger partial charge in [-0.1, -0.05) is 6.42 Å². The smallest absolute Gasteiger partial charge is 0.178 e. The molecule has 20 heavy (non-hydrogen) atoms. The first-order valence-corrected chi connectivity index (χ1v) is 8.76. The topological polar surface area (TPSA) is 24.0 Å². The molecule has 1 fully saturated rings. The van der Waals surface area contributed by atoms with Crippen molar-refractivity contribution in [3.05, 3.63) is 26.5 Å². The van der Waals surface area contributed by atoms with Crippen molar-refractivity contribution in [1.29, 1.82) is 0 Å². The van der Waals surface area contributed by atoms with Crippen LogP contribution < -0.4 is 0 Å². The summed E-state index contributed by atoms with van der Waals surface area (Å²) in [5.41, 5.74) is 2.37. The summed E-state index contributed by atoms with van der Waals surface area (Å²) < 4.78 is 4.35. The van der Waals surface area contributed by atoms with Crippen LogP contribution in [0.5, 0.6) is 0 Å². The first-order valence-electron chi connectivity index (χ1n) is 7.27. The van der Waals surface area contributed by atoms with Gasteiger partial charge in [-0.25, -0.2) is 0 Å². The Bertz CT molecular complexity index is 655. The van der Waals surface area contributed by atoms with Crippen LogP contribution in [0, 0.1) is 8.34 Å². The molecular formula is C15H20IN3S. The molecule has 0 radical (unpaired) electrons. The van der Waals surface area contributed by atoms with Crippen molar-refractivity contribution in [2.75, 3.05) is 19.6 Å². The molecule has 1 N–H and O–H groups in total. The first-order chi connectivity index (χ1) is 9.65. The number of H-pyrrole nitrogens is 1. The largest absolute Gasteiger partial charge is 0.331 e. The number of likely N-dealkylation sites (tertiary alicyclic amines) is 1. The molecule has 1 aliphatic heterocycles. The predicted molar refractivity (Wildman–Crippen MR) is 94.8 cm³/mol. The molecule has 0 bridgehead atoms. The lowest BCUT2D eigenvalue weighted by molar-refractivity contribution is 0.202. The summed E-state index contributed by atoms with van der Waals surface area (Å²) >= 11 is 7.87. The number of fused-ring (bicyclic) bond motifs is 1. The molecule has 5 heteroatoms. The standard InChI is InChI=1S/C15H20IN3S/c1-11(10-18-7-3-2-4-8-18)19-14-6-5-12(16)9-13(14)17-15(19)20/h5-6,9,11H,2-4,7-8,10H2,1H3,(H,17,20). The van der Waals surface area contributed by atoms with E-state index in [9.17, 15) is 0 Å². The Morgan fingerprint density at radius 3 is 2.80 bits per heavy atom. The molecule has 0 spiro atoms. The van der Waals surface area contributed by atoms with Gasteiger partial charge in [-0.3, -0.25) is 0 Å². The van der Waals surface area contributed by atoms with Crippen LogP contribution in [0.2, 0.25) is 0 Å². The third-order valence-electron chi connectivity index (χ3n) is 4.09. The van der Waals surface area contributed by atoms with Gasteiger partial charge in [0.2, 0.25) is 0 Å². The van der Waals surface area contributed by atoms with Crippen molar-refractivity contribution in [3.8, 4) is 0 Å². The highest BCUT2D eigenvalue weighted by Gasteiger charge is 2.17. The van der Waals surface area contributed by atoms with Crippen LogP contribution in [0.25, 0.3) is 11.0 Å².